The highest BCUT2D eigenvalue weighted by molar-refractivity contribution is 4.78. The molecule has 1 atom stereocenters. The van der Waals surface area contributed by atoms with Gasteiger partial charge in [-0.05, 0) is 45.3 Å². The number of aliphatic hydroxyl groups excluding tert-OH is 1. The van der Waals surface area contributed by atoms with Crippen LogP contribution in [0.5, 0.6) is 0 Å². The summed E-state index contributed by atoms with van der Waals surface area (Å²) in [6, 6.07) is 0.161. The first-order chi connectivity index (χ1) is 8.07. The third-order valence-electron chi connectivity index (χ3n) is 3.24. The van der Waals surface area contributed by atoms with Gasteiger partial charge < -0.3 is 15.3 Å². The van der Waals surface area contributed by atoms with E-state index < -0.39 is 19.1 Å². The van der Waals surface area contributed by atoms with Crippen molar-refractivity contribution in [2.45, 2.75) is 44.6 Å². The van der Waals surface area contributed by atoms with Crippen molar-refractivity contribution in [3.63, 3.8) is 0 Å². The summed E-state index contributed by atoms with van der Waals surface area (Å²) in [6.45, 7) is 3.82. The number of aliphatic hydroxyl groups is 1. The van der Waals surface area contributed by atoms with Crippen molar-refractivity contribution in [3.8, 4) is 0 Å². The maximum Gasteiger partial charge on any atom is 0.282 e. The lowest BCUT2D eigenvalue weighted by molar-refractivity contribution is -0.0495. The van der Waals surface area contributed by atoms with Crippen LogP contribution in [0.4, 0.5) is 8.78 Å². The Balaban J connectivity index is 2.27. The van der Waals surface area contributed by atoms with Gasteiger partial charge in [0, 0.05) is 6.04 Å². The highest BCUT2D eigenvalue weighted by Crippen LogP contribution is 2.14. The zero-order valence-corrected chi connectivity index (χ0v) is 10.6. The summed E-state index contributed by atoms with van der Waals surface area (Å²) in [5.41, 5.74) is 0. The Bertz CT molecular complexity index is 215. The number of likely N-dealkylation sites (tertiary alicyclic amines) is 1. The number of nitrogens with one attached hydrogen (secondary N) is 1. The highest BCUT2D eigenvalue weighted by Gasteiger charge is 2.28. The van der Waals surface area contributed by atoms with Crippen LogP contribution in [0.1, 0.15) is 32.6 Å². The first-order valence-electron chi connectivity index (χ1n) is 6.52. The number of halogens is 2. The molecule has 0 aromatic heterocycles. The molecule has 1 rings (SSSR count). The third-order valence-corrected chi connectivity index (χ3v) is 3.24. The predicted octanol–water partition coefficient (Wildman–Crippen LogP) is 1.47. The van der Waals surface area contributed by atoms with Crippen LogP contribution in [0.3, 0.4) is 0 Å². The fourth-order valence-electron chi connectivity index (χ4n) is 2.25. The average molecular weight is 250 g/mol. The summed E-state index contributed by atoms with van der Waals surface area (Å²) in [5, 5.41) is 11.4. The topological polar surface area (TPSA) is 35.5 Å². The van der Waals surface area contributed by atoms with Gasteiger partial charge in [0.2, 0.25) is 0 Å². The molecule has 3 nitrogen and oxygen atoms in total. The largest absolute Gasteiger partial charge is 0.390 e. The minimum absolute atomic E-state index is 0.161. The highest BCUT2D eigenvalue weighted by atomic mass is 19.3. The molecule has 102 valence electrons. The quantitative estimate of drug-likeness (QED) is 0.749. The molecule has 1 heterocycles. The van der Waals surface area contributed by atoms with Gasteiger partial charge in [0.25, 0.3) is 5.92 Å². The zero-order chi connectivity index (χ0) is 12.7. The Kier molecular flexibility index (Phi) is 6.30. The molecule has 0 radical (unpaired) electrons. The smallest absolute Gasteiger partial charge is 0.282 e. The molecule has 0 spiro atoms. The van der Waals surface area contributed by atoms with E-state index in [-0.39, 0.29) is 6.04 Å². The molecule has 0 aromatic rings. The molecule has 1 saturated heterocycles. The van der Waals surface area contributed by atoms with Crippen LogP contribution in [0, 0.1) is 0 Å². The Morgan fingerprint density at radius 2 is 2.12 bits per heavy atom. The van der Waals surface area contributed by atoms with Crippen molar-refractivity contribution >= 4 is 0 Å². The lowest BCUT2D eigenvalue weighted by atomic mass is 10.1. The summed E-state index contributed by atoms with van der Waals surface area (Å²) in [7, 11) is 0. The van der Waals surface area contributed by atoms with E-state index in [1.165, 1.54) is 0 Å². The number of alkyl halides is 2. The van der Waals surface area contributed by atoms with Crippen LogP contribution in [-0.4, -0.2) is 54.8 Å². The van der Waals surface area contributed by atoms with Gasteiger partial charge >= 0.3 is 0 Å². The molecular weight excluding hydrogens is 226 g/mol. The van der Waals surface area contributed by atoms with Crippen LogP contribution in [0.2, 0.25) is 0 Å². The molecular formula is C12H24F2N2O. The van der Waals surface area contributed by atoms with Gasteiger partial charge in [0.1, 0.15) is 6.61 Å². The van der Waals surface area contributed by atoms with Crippen molar-refractivity contribution in [2.24, 2.45) is 0 Å². The minimum atomic E-state index is -2.99. The SMILES string of the molecule is CCCN1CCCC(NCC(F)(F)CO)CC1. The van der Waals surface area contributed by atoms with E-state index in [2.05, 4.69) is 17.1 Å². The summed E-state index contributed by atoms with van der Waals surface area (Å²) < 4.78 is 25.8. The minimum Gasteiger partial charge on any atom is -0.390 e. The Morgan fingerprint density at radius 3 is 2.76 bits per heavy atom. The lowest BCUT2D eigenvalue weighted by Gasteiger charge is -2.21. The number of rotatable bonds is 6. The molecule has 5 heteroatoms. The standard InChI is InChI=1S/C12H24F2N2O/c1-2-6-16-7-3-4-11(5-8-16)15-9-12(13,14)10-17/h11,15,17H,2-10H2,1H3. The van der Waals surface area contributed by atoms with Gasteiger partial charge in [-0.2, -0.15) is 0 Å². The normalized spacial score (nSPS) is 23.6. The number of nitrogens with zero attached hydrogens (tertiary/aromatic N) is 1. The first kappa shape index (κ1) is 14.8. The molecule has 0 bridgehead atoms. The van der Waals surface area contributed by atoms with Crippen LogP contribution in [-0.2, 0) is 0 Å². The predicted molar refractivity (Wildman–Crippen MR) is 64.4 cm³/mol. The Hall–Kier alpha value is -0.260. The second-order valence-corrected chi connectivity index (χ2v) is 4.86. The van der Waals surface area contributed by atoms with Crippen LogP contribution in [0.15, 0.2) is 0 Å². The molecule has 0 aliphatic carbocycles. The van der Waals surface area contributed by atoms with Crippen LogP contribution >= 0.6 is 0 Å². The molecule has 0 amide bonds. The Labute approximate surface area is 102 Å². The average Bonchev–Trinajstić information content (AvgIpc) is 2.53. The van der Waals surface area contributed by atoms with Gasteiger partial charge in [0.15, 0.2) is 0 Å². The monoisotopic (exact) mass is 250 g/mol. The molecule has 17 heavy (non-hydrogen) atoms. The van der Waals surface area contributed by atoms with Crippen molar-refractivity contribution < 1.29 is 13.9 Å². The van der Waals surface area contributed by atoms with Crippen molar-refractivity contribution in [1.82, 2.24) is 10.2 Å². The van der Waals surface area contributed by atoms with Gasteiger partial charge in [-0.3, -0.25) is 0 Å². The van der Waals surface area contributed by atoms with E-state index in [0.717, 1.165) is 45.3 Å². The van der Waals surface area contributed by atoms with Crippen molar-refractivity contribution in [2.75, 3.05) is 32.8 Å². The van der Waals surface area contributed by atoms with Crippen molar-refractivity contribution in [3.05, 3.63) is 0 Å². The van der Waals surface area contributed by atoms with Gasteiger partial charge in [-0.15, -0.1) is 0 Å². The summed E-state index contributed by atoms with van der Waals surface area (Å²) in [5.74, 6) is -2.99. The van der Waals surface area contributed by atoms with E-state index in [1.807, 2.05) is 0 Å². The Morgan fingerprint density at radius 1 is 1.35 bits per heavy atom. The zero-order valence-electron chi connectivity index (χ0n) is 10.6. The van der Waals surface area contributed by atoms with E-state index in [9.17, 15) is 8.78 Å². The molecule has 0 saturated carbocycles. The number of hydrogen-bond acceptors (Lipinski definition) is 3. The maximum atomic E-state index is 12.9. The van der Waals surface area contributed by atoms with Crippen LogP contribution < -0.4 is 5.32 Å². The summed E-state index contributed by atoms with van der Waals surface area (Å²) >= 11 is 0. The molecule has 1 unspecified atom stereocenters. The molecule has 0 aromatic carbocycles. The molecule has 1 aliphatic rings. The third kappa shape index (κ3) is 5.75. The fraction of sp³-hybridized carbons (Fsp3) is 1.00. The fourth-order valence-corrected chi connectivity index (χ4v) is 2.25. The van der Waals surface area contributed by atoms with E-state index in [1.54, 1.807) is 0 Å². The molecule has 2 N–H and O–H groups in total. The number of hydrogen-bond donors (Lipinski definition) is 2. The molecule has 1 aliphatic heterocycles. The second kappa shape index (κ2) is 7.24. The van der Waals surface area contributed by atoms with Crippen molar-refractivity contribution in [1.29, 1.82) is 0 Å². The maximum absolute atomic E-state index is 12.9. The van der Waals surface area contributed by atoms with Gasteiger partial charge in [-0.25, -0.2) is 8.78 Å². The van der Waals surface area contributed by atoms with Gasteiger partial charge in [-0.1, -0.05) is 6.92 Å². The summed E-state index contributed by atoms with van der Waals surface area (Å²) in [6.07, 6.45) is 4.06. The lowest BCUT2D eigenvalue weighted by Crippen LogP contribution is -2.41. The second-order valence-electron chi connectivity index (χ2n) is 4.86. The summed E-state index contributed by atoms with van der Waals surface area (Å²) in [4.78, 5) is 2.39. The van der Waals surface area contributed by atoms with Gasteiger partial charge in [0.05, 0.1) is 6.54 Å². The van der Waals surface area contributed by atoms with Crippen LogP contribution in [0.25, 0.3) is 0 Å². The van der Waals surface area contributed by atoms with E-state index in [4.69, 9.17) is 5.11 Å². The first-order valence-corrected chi connectivity index (χ1v) is 6.52. The molecule has 1 fully saturated rings. The van der Waals surface area contributed by atoms with E-state index >= 15 is 0 Å². The van der Waals surface area contributed by atoms with E-state index in [0.29, 0.717) is 0 Å².